The van der Waals surface area contributed by atoms with Crippen LogP contribution in [-0.4, -0.2) is 24.3 Å². The van der Waals surface area contributed by atoms with Gasteiger partial charge in [-0.1, -0.05) is 67.1 Å². The summed E-state index contributed by atoms with van der Waals surface area (Å²) in [6, 6.07) is 19.8. The molecule has 2 atom stereocenters. The zero-order chi connectivity index (χ0) is 17.8. The van der Waals surface area contributed by atoms with Gasteiger partial charge < -0.3 is 9.47 Å². The standard InChI is InChI=1S/C23H26O3/c24-21(19-12-6-2-7-13-19)16-20(18-10-4-1-5-11-18)22-17-25-23(26-22)14-8-3-9-15-23/h1-2,4-7,10-13,20,22H,3,8-9,14-17H2/t20-,22-/m1/s1. The van der Waals surface area contributed by atoms with Crippen molar-refractivity contribution in [1.82, 2.24) is 0 Å². The van der Waals surface area contributed by atoms with Crippen molar-refractivity contribution in [3.63, 3.8) is 0 Å². The lowest BCUT2D eigenvalue weighted by molar-refractivity contribution is -0.188. The van der Waals surface area contributed by atoms with Crippen molar-refractivity contribution < 1.29 is 14.3 Å². The summed E-state index contributed by atoms with van der Waals surface area (Å²) in [5.74, 6) is -0.232. The summed E-state index contributed by atoms with van der Waals surface area (Å²) in [5.41, 5.74) is 1.91. The Morgan fingerprint density at radius 2 is 1.62 bits per heavy atom. The molecule has 0 amide bonds. The summed E-state index contributed by atoms with van der Waals surface area (Å²) in [6.45, 7) is 0.571. The maximum Gasteiger partial charge on any atom is 0.168 e. The first kappa shape index (κ1) is 17.4. The highest BCUT2D eigenvalue weighted by molar-refractivity contribution is 5.96. The highest BCUT2D eigenvalue weighted by atomic mass is 16.7. The summed E-state index contributed by atoms with van der Waals surface area (Å²) in [6.07, 6.45) is 5.89. The molecule has 0 bridgehead atoms. The second-order valence-corrected chi connectivity index (χ2v) is 7.45. The third-order valence-corrected chi connectivity index (χ3v) is 5.67. The molecule has 2 aromatic carbocycles. The Hall–Kier alpha value is -1.97. The molecule has 1 spiro atoms. The molecular formula is C23H26O3. The van der Waals surface area contributed by atoms with Gasteiger partial charge in [0.25, 0.3) is 0 Å². The van der Waals surface area contributed by atoms with Crippen LogP contribution >= 0.6 is 0 Å². The van der Waals surface area contributed by atoms with E-state index in [9.17, 15) is 4.79 Å². The number of hydrogen-bond acceptors (Lipinski definition) is 3. The van der Waals surface area contributed by atoms with E-state index in [2.05, 4.69) is 12.1 Å². The van der Waals surface area contributed by atoms with E-state index < -0.39 is 5.79 Å². The number of ketones is 1. The van der Waals surface area contributed by atoms with Crippen LogP contribution in [0.5, 0.6) is 0 Å². The van der Waals surface area contributed by atoms with E-state index in [-0.39, 0.29) is 17.8 Å². The summed E-state index contributed by atoms with van der Waals surface area (Å²) in [7, 11) is 0. The molecule has 2 aromatic rings. The summed E-state index contributed by atoms with van der Waals surface area (Å²) >= 11 is 0. The Kier molecular flexibility index (Phi) is 5.18. The normalized spacial score (nSPS) is 23.0. The van der Waals surface area contributed by atoms with Gasteiger partial charge in [0.05, 0.1) is 12.7 Å². The van der Waals surface area contributed by atoms with Crippen LogP contribution in [0.1, 0.15) is 60.4 Å². The molecule has 136 valence electrons. The lowest BCUT2D eigenvalue weighted by Crippen LogP contribution is -2.34. The van der Waals surface area contributed by atoms with E-state index in [0.717, 1.165) is 36.8 Å². The zero-order valence-corrected chi connectivity index (χ0v) is 15.1. The molecule has 2 aliphatic rings. The van der Waals surface area contributed by atoms with Gasteiger partial charge in [0, 0.05) is 30.7 Å². The van der Waals surface area contributed by atoms with E-state index >= 15 is 0 Å². The molecule has 3 nitrogen and oxygen atoms in total. The van der Waals surface area contributed by atoms with Crippen molar-refractivity contribution in [2.45, 2.75) is 56.3 Å². The van der Waals surface area contributed by atoms with E-state index in [0.29, 0.717) is 13.0 Å². The van der Waals surface area contributed by atoms with Crippen LogP contribution in [0, 0.1) is 0 Å². The van der Waals surface area contributed by atoms with Crippen molar-refractivity contribution in [1.29, 1.82) is 0 Å². The first-order valence-electron chi connectivity index (χ1n) is 9.71. The fourth-order valence-electron chi connectivity index (χ4n) is 4.23. The van der Waals surface area contributed by atoms with Crippen molar-refractivity contribution >= 4 is 5.78 Å². The predicted molar refractivity (Wildman–Crippen MR) is 101 cm³/mol. The van der Waals surface area contributed by atoms with Gasteiger partial charge in [0.15, 0.2) is 11.6 Å². The Morgan fingerprint density at radius 3 is 2.31 bits per heavy atom. The van der Waals surface area contributed by atoms with Crippen LogP contribution < -0.4 is 0 Å². The lowest BCUT2D eigenvalue weighted by Gasteiger charge is -2.33. The molecule has 26 heavy (non-hydrogen) atoms. The average molecular weight is 350 g/mol. The van der Waals surface area contributed by atoms with Gasteiger partial charge in [-0.25, -0.2) is 0 Å². The quantitative estimate of drug-likeness (QED) is 0.702. The number of hydrogen-bond donors (Lipinski definition) is 0. The minimum Gasteiger partial charge on any atom is -0.347 e. The van der Waals surface area contributed by atoms with Crippen LogP contribution in [-0.2, 0) is 9.47 Å². The minimum absolute atomic E-state index is 0.0187. The molecule has 0 unspecified atom stereocenters. The highest BCUT2D eigenvalue weighted by Gasteiger charge is 2.45. The summed E-state index contributed by atoms with van der Waals surface area (Å²) in [4.78, 5) is 12.9. The molecule has 1 aliphatic carbocycles. The molecule has 0 N–H and O–H groups in total. The number of carbonyl (C=O) groups is 1. The molecule has 1 saturated carbocycles. The largest absolute Gasteiger partial charge is 0.347 e. The zero-order valence-electron chi connectivity index (χ0n) is 15.1. The van der Waals surface area contributed by atoms with Crippen LogP contribution in [0.25, 0.3) is 0 Å². The van der Waals surface area contributed by atoms with Gasteiger partial charge >= 0.3 is 0 Å². The van der Waals surface area contributed by atoms with Crippen LogP contribution in [0.15, 0.2) is 60.7 Å². The first-order chi connectivity index (χ1) is 12.8. The topological polar surface area (TPSA) is 35.5 Å². The molecular weight excluding hydrogens is 324 g/mol. The highest BCUT2D eigenvalue weighted by Crippen LogP contribution is 2.42. The summed E-state index contributed by atoms with van der Waals surface area (Å²) in [5, 5.41) is 0. The SMILES string of the molecule is O=C(C[C@H](c1ccccc1)[C@H]1COC2(CCCCC2)O1)c1ccccc1. The van der Waals surface area contributed by atoms with Crippen LogP contribution in [0.2, 0.25) is 0 Å². The Labute approximate surface area is 155 Å². The third kappa shape index (κ3) is 3.74. The van der Waals surface area contributed by atoms with Crippen molar-refractivity contribution in [2.75, 3.05) is 6.61 Å². The van der Waals surface area contributed by atoms with Crippen molar-refractivity contribution in [2.24, 2.45) is 0 Å². The molecule has 1 aliphatic heterocycles. The predicted octanol–water partition coefficient (Wildman–Crippen LogP) is 5.12. The van der Waals surface area contributed by atoms with Gasteiger partial charge in [0.2, 0.25) is 0 Å². The maximum absolute atomic E-state index is 12.9. The van der Waals surface area contributed by atoms with Gasteiger partial charge in [-0.05, 0) is 18.4 Å². The average Bonchev–Trinajstić information content (AvgIpc) is 3.10. The molecule has 0 aromatic heterocycles. The lowest BCUT2D eigenvalue weighted by atomic mass is 9.87. The third-order valence-electron chi connectivity index (χ3n) is 5.67. The van der Waals surface area contributed by atoms with Crippen LogP contribution in [0.3, 0.4) is 0 Å². The van der Waals surface area contributed by atoms with E-state index in [1.165, 1.54) is 6.42 Å². The minimum atomic E-state index is -0.411. The maximum atomic E-state index is 12.9. The number of ether oxygens (including phenoxy) is 2. The molecule has 3 heteroatoms. The van der Waals surface area contributed by atoms with Crippen molar-refractivity contribution in [3.05, 3.63) is 71.8 Å². The smallest absolute Gasteiger partial charge is 0.168 e. The van der Waals surface area contributed by atoms with Gasteiger partial charge in [-0.15, -0.1) is 0 Å². The number of rotatable bonds is 5. The first-order valence-corrected chi connectivity index (χ1v) is 9.71. The molecule has 2 fully saturated rings. The fourth-order valence-corrected chi connectivity index (χ4v) is 4.23. The second-order valence-electron chi connectivity index (χ2n) is 7.45. The number of carbonyl (C=O) groups excluding carboxylic acids is 1. The Balaban J connectivity index is 1.55. The summed E-state index contributed by atoms with van der Waals surface area (Å²) < 4.78 is 12.6. The number of Topliss-reactive ketones (excluding diaryl/α,β-unsaturated/α-hetero) is 1. The van der Waals surface area contributed by atoms with Gasteiger partial charge in [0.1, 0.15) is 0 Å². The van der Waals surface area contributed by atoms with Gasteiger partial charge in [-0.3, -0.25) is 4.79 Å². The van der Waals surface area contributed by atoms with Gasteiger partial charge in [-0.2, -0.15) is 0 Å². The molecule has 4 rings (SSSR count). The van der Waals surface area contributed by atoms with E-state index in [1.807, 2.05) is 48.5 Å². The van der Waals surface area contributed by atoms with Crippen LogP contribution in [0.4, 0.5) is 0 Å². The second kappa shape index (κ2) is 7.73. The Morgan fingerprint density at radius 1 is 0.962 bits per heavy atom. The molecule has 1 saturated heterocycles. The van der Waals surface area contributed by atoms with Crippen molar-refractivity contribution in [3.8, 4) is 0 Å². The number of benzene rings is 2. The Bertz CT molecular complexity index is 720. The van der Waals surface area contributed by atoms with E-state index in [1.54, 1.807) is 0 Å². The molecule has 1 heterocycles. The molecule has 0 radical (unpaired) electrons. The monoisotopic (exact) mass is 350 g/mol. The van der Waals surface area contributed by atoms with E-state index in [4.69, 9.17) is 9.47 Å². The fraction of sp³-hybridized carbons (Fsp3) is 0.435.